The number of nitrogens with zero attached hydrogens (tertiary/aromatic N) is 1. The largest absolute Gasteiger partial charge is 0.466 e. The van der Waals surface area contributed by atoms with Gasteiger partial charge >= 0.3 is 0 Å². The van der Waals surface area contributed by atoms with Crippen molar-refractivity contribution >= 4 is 34.9 Å². The van der Waals surface area contributed by atoms with Crippen LogP contribution in [0.2, 0.25) is 5.02 Å². The maximum atomic E-state index is 12.4. The molecule has 2 N–H and O–H groups in total. The molecule has 3 rings (SSSR count). The molecule has 1 aromatic heterocycles. The van der Waals surface area contributed by atoms with Gasteiger partial charge in [-0.25, -0.2) is 4.98 Å². The van der Waals surface area contributed by atoms with Gasteiger partial charge in [-0.2, -0.15) is 0 Å². The molecule has 1 aliphatic heterocycles. The number of nitrogens with one attached hydrogen (secondary N) is 2. The van der Waals surface area contributed by atoms with Gasteiger partial charge in [0.1, 0.15) is 11.6 Å². The van der Waals surface area contributed by atoms with Gasteiger partial charge in [0.15, 0.2) is 0 Å². The van der Waals surface area contributed by atoms with Crippen LogP contribution >= 0.6 is 11.6 Å². The van der Waals surface area contributed by atoms with Crippen molar-refractivity contribution in [1.82, 2.24) is 4.98 Å². The maximum Gasteiger partial charge on any atom is 0.279 e. The van der Waals surface area contributed by atoms with Crippen LogP contribution in [0, 0.1) is 0 Å². The molecule has 2 aromatic rings. The van der Waals surface area contributed by atoms with Crippen molar-refractivity contribution in [3.05, 3.63) is 47.6 Å². The van der Waals surface area contributed by atoms with Gasteiger partial charge in [0.05, 0.1) is 10.7 Å². The van der Waals surface area contributed by atoms with Crippen LogP contribution in [0.1, 0.15) is 6.92 Å². The molecule has 0 radical (unpaired) electrons. The number of para-hydroxylation sites is 2. The average Bonchev–Trinajstić information content (AvgIpc) is 2.50. The molecular weight excluding hydrogens is 306 g/mol. The lowest BCUT2D eigenvalue weighted by Gasteiger charge is -2.33. The summed E-state index contributed by atoms with van der Waals surface area (Å²) < 4.78 is 5.61. The number of rotatable bonds is 2. The number of halogens is 1. The van der Waals surface area contributed by atoms with Crippen molar-refractivity contribution < 1.29 is 14.3 Å². The van der Waals surface area contributed by atoms with Crippen LogP contribution in [0.25, 0.3) is 0 Å². The van der Waals surface area contributed by atoms with Gasteiger partial charge in [-0.1, -0.05) is 23.7 Å². The van der Waals surface area contributed by atoms with Crippen LogP contribution in [0.4, 0.5) is 11.5 Å². The number of hydrogen-bond acceptors (Lipinski definition) is 4. The van der Waals surface area contributed by atoms with Gasteiger partial charge in [-0.05, 0) is 31.2 Å². The Morgan fingerprint density at radius 3 is 2.82 bits per heavy atom. The van der Waals surface area contributed by atoms with E-state index in [-0.39, 0.29) is 5.82 Å². The third-order valence-corrected chi connectivity index (χ3v) is 3.51. The number of pyridine rings is 1. The fraction of sp³-hybridized carbons (Fsp3) is 0.133. The van der Waals surface area contributed by atoms with Crippen molar-refractivity contribution in [2.24, 2.45) is 0 Å². The standard InChI is InChI=1S/C15H12ClN3O3/c1-15(14(21)19-12-7-6-9(16)8-17-12)13(20)18-10-4-2-3-5-11(10)22-15/h2-8H,1H3,(H,18,20)(H,17,19,21)/t15-/m0/s1. The monoisotopic (exact) mass is 317 g/mol. The van der Waals surface area contributed by atoms with E-state index < -0.39 is 17.4 Å². The number of hydrogen-bond donors (Lipinski definition) is 2. The first-order chi connectivity index (χ1) is 10.5. The summed E-state index contributed by atoms with van der Waals surface area (Å²) in [5.74, 6) is -0.443. The Balaban J connectivity index is 1.85. The summed E-state index contributed by atoms with van der Waals surface area (Å²) in [5, 5.41) is 5.65. The molecule has 0 unspecified atom stereocenters. The topological polar surface area (TPSA) is 80.3 Å². The lowest BCUT2D eigenvalue weighted by atomic mass is 10.0. The smallest absolute Gasteiger partial charge is 0.279 e. The van der Waals surface area contributed by atoms with E-state index in [4.69, 9.17) is 16.3 Å². The summed E-state index contributed by atoms with van der Waals surface area (Å²) >= 11 is 5.74. The van der Waals surface area contributed by atoms with Crippen LogP contribution in [0.15, 0.2) is 42.6 Å². The fourth-order valence-corrected chi connectivity index (χ4v) is 2.11. The number of carbonyl (C=O) groups excluding carboxylic acids is 2. The Bertz CT molecular complexity index is 748. The minimum atomic E-state index is -1.68. The molecule has 7 heteroatoms. The highest BCUT2D eigenvalue weighted by molar-refractivity contribution is 6.30. The molecule has 1 aliphatic rings. The Hall–Kier alpha value is -2.60. The second-order valence-corrected chi connectivity index (χ2v) is 5.34. The van der Waals surface area contributed by atoms with Crippen LogP contribution in [0.3, 0.4) is 0 Å². The highest BCUT2D eigenvalue weighted by atomic mass is 35.5. The van der Waals surface area contributed by atoms with E-state index in [1.165, 1.54) is 19.2 Å². The SMILES string of the molecule is C[C@]1(C(=O)Nc2ccc(Cl)cn2)Oc2ccccc2NC1=O. The molecule has 1 atom stereocenters. The van der Waals surface area contributed by atoms with Crippen LogP contribution < -0.4 is 15.4 Å². The summed E-state index contributed by atoms with van der Waals surface area (Å²) in [7, 11) is 0. The molecule has 0 bridgehead atoms. The van der Waals surface area contributed by atoms with Gasteiger partial charge in [0, 0.05) is 6.20 Å². The number of anilines is 2. The second kappa shape index (κ2) is 5.31. The molecule has 0 fully saturated rings. The number of ether oxygens (including phenoxy) is 1. The Labute approximate surface area is 131 Å². The summed E-state index contributed by atoms with van der Waals surface area (Å²) in [6, 6.07) is 10.0. The first kappa shape index (κ1) is 14.3. The molecule has 22 heavy (non-hydrogen) atoms. The zero-order valence-electron chi connectivity index (χ0n) is 11.6. The predicted octanol–water partition coefficient (Wildman–Crippen LogP) is 2.46. The normalized spacial score (nSPS) is 19.6. The molecular formula is C15H12ClN3O3. The molecule has 0 saturated carbocycles. The average molecular weight is 318 g/mol. The van der Waals surface area contributed by atoms with E-state index in [1.807, 2.05) is 0 Å². The van der Waals surface area contributed by atoms with Crippen LogP contribution in [-0.2, 0) is 9.59 Å². The Morgan fingerprint density at radius 1 is 1.32 bits per heavy atom. The first-order valence-electron chi connectivity index (χ1n) is 6.51. The molecule has 112 valence electrons. The van der Waals surface area contributed by atoms with E-state index >= 15 is 0 Å². The number of aromatic nitrogens is 1. The maximum absolute atomic E-state index is 12.4. The van der Waals surface area contributed by atoms with E-state index in [1.54, 1.807) is 30.3 Å². The summed E-state index contributed by atoms with van der Waals surface area (Å²) in [4.78, 5) is 28.6. The first-order valence-corrected chi connectivity index (χ1v) is 6.89. The minimum Gasteiger partial charge on any atom is -0.466 e. The van der Waals surface area contributed by atoms with Crippen LogP contribution in [0.5, 0.6) is 5.75 Å². The van der Waals surface area contributed by atoms with E-state index in [9.17, 15) is 9.59 Å². The van der Waals surface area contributed by atoms with E-state index in [2.05, 4.69) is 15.6 Å². The van der Waals surface area contributed by atoms with Crippen molar-refractivity contribution in [1.29, 1.82) is 0 Å². The van der Waals surface area contributed by atoms with Gasteiger partial charge < -0.3 is 15.4 Å². The van der Waals surface area contributed by atoms with Gasteiger partial charge in [0.25, 0.3) is 17.4 Å². The van der Waals surface area contributed by atoms with Crippen molar-refractivity contribution in [3.63, 3.8) is 0 Å². The highest BCUT2D eigenvalue weighted by Gasteiger charge is 2.47. The van der Waals surface area contributed by atoms with Crippen molar-refractivity contribution in [2.45, 2.75) is 12.5 Å². The molecule has 0 spiro atoms. The van der Waals surface area contributed by atoms with Gasteiger partial charge in [0.2, 0.25) is 0 Å². The quantitative estimate of drug-likeness (QED) is 0.834. The molecule has 1 aromatic carbocycles. The number of amides is 2. The Kier molecular flexibility index (Phi) is 3.46. The number of fused-ring (bicyclic) bond motifs is 1. The minimum absolute atomic E-state index is 0.283. The number of benzene rings is 1. The zero-order valence-corrected chi connectivity index (χ0v) is 12.3. The zero-order chi connectivity index (χ0) is 15.7. The fourth-order valence-electron chi connectivity index (χ4n) is 2.00. The summed E-state index contributed by atoms with van der Waals surface area (Å²) in [6.45, 7) is 1.41. The highest BCUT2D eigenvalue weighted by Crippen LogP contribution is 2.33. The third kappa shape index (κ3) is 2.48. The van der Waals surface area contributed by atoms with Crippen molar-refractivity contribution in [3.8, 4) is 5.75 Å². The predicted molar refractivity (Wildman–Crippen MR) is 82.0 cm³/mol. The van der Waals surface area contributed by atoms with E-state index in [0.717, 1.165) is 0 Å². The summed E-state index contributed by atoms with van der Waals surface area (Å²) in [6.07, 6.45) is 1.40. The van der Waals surface area contributed by atoms with Crippen LogP contribution in [-0.4, -0.2) is 22.4 Å². The Morgan fingerprint density at radius 2 is 2.09 bits per heavy atom. The van der Waals surface area contributed by atoms with Gasteiger partial charge in [-0.15, -0.1) is 0 Å². The molecule has 2 heterocycles. The molecule has 2 amide bonds. The van der Waals surface area contributed by atoms with Crippen molar-refractivity contribution in [2.75, 3.05) is 10.6 Å². The molecule has 0 aliphatic carbocycles. The second-order valence-electron chi connectivity index (χ2n) is 4.90. The van der Waals surface area contributed by atoms with Gasteiger partial charge in [-0.3, -0.25) is 9.59 Å². The van der Waals surface area contributed by atoms with E-state index in [0.29, 0.717) is 16.5 Å². The molecule has 6 nitrogen and oxygen atoms in total. The summed E-state index contributed by atoms with van der Waals surface area (Å²) in [5.41, 5.74) is -1.15. The lowest BCUT2D eigenvalue weighted by Crippen LogP contribution is -2.56. The third-order valence-electron chi connectivity index (χ3n) is 3.28. The lowest BCUT2D eigenvalue weighted by molar-refractivity contribution is -0.143. The number of carbonyl (C=O) groups is 2. The molecule has 0 saturated heterocycles.